The minimum absolute atomic E-state index is 0.162. The molecule has 3 aromatic carbocycles. The van der Waals surface area contributed by atoms with Crippen molar-refractivity contribution < 1.29 is 4.79 Å². The van der Waals surface area contributed by atoms with Gasteiger partial charge in [-0.05, 0) is 34.5 Å². The first-order valence-corrected chi connectivity index (χ1v) is 9.55. The van der Waals surface area contributed by atoms with E-state index in [1.807, 2.05) is 60.7 Å². The van der Waals surface area contributed by atoms with Crippen LogP contribution in [0.1, 0.15) is 5.56 Å². The predicted molar refractivity (Wildman–Crippen MR) is 115 cm³/mol. The lowest BCUT2D eigenvalue weighted by Gasteiger charge is -2.09. The number of amides is 1. The fraction of sp³-hybridized carbons (Fsp3) is 0.0870. The van der Waals surface area contributed by atoms with Crippen LogP contribution in [0.3, 0.4) is 0 Å². The molecule has 0 aliphatic carbocycles. The van der Waals surface area contributed by atoms with Crippen molar-refractivity contribution in [2.24, 2.45) is 0 Å². The molecule has 144 valence electrons. The quantitative estimate of drug-likeness (QED) is 0.547. The molecule has 1 amide bonds. The summed E-state index contributed by atoms with van der Waals surface area (Å²) in [6.07, 6.45) is 0. The van der Waals surface area contributed by atoms with Crippen molar-refractivity contribution >= 4 is 28.3 Å². The molecule has 0 spiro atoms. The topological polar surface area (TPSA) is 64.0 Å². The SMILES string of the molecule is O=C(Cn1nc(-c2ccc3ccccc3c2)ccc1=O)NCc1ccccc1Cl. The van der Waals surface area contributed by atoms with Gasteiger partial charge in [0.15, 0.2) is 0 Å². The van der Waals surface area contributed by atoms with Gasteiger partial charge in [0.05, 0.1) is 5.69 Å². The second-order valence-corrected chi connectivity index (χ2v) is 7.05. The van der Waals surface area contributed by atoms with E-state index in [9.17, 15) is 9.59 Å². The molecule has 0 fully saturated rings. The molecule has 0 saturated heterocycles. The number of hydrogen-bond donors (Lipinski definition) is 1. The molecule has 4 aromatic rings. The number of carbonyl (C=O) groups excluding carboxylic acids is 1. The van der Waals surface area contributed by atoms with Crippen molar-refractivity contribution in [1.82, 2.24) is 15.1 Å². The Bertz CT molecular complexity index is 1250. The second-order valence-electron chi connectivity index (χ2n) is 6.64. The minimum Gasteiger partial charge on any atom is -0.350 e. The van der Waals surface area contributed by atoms with Crippen LogP contribution in [-0.2, 0) is 17.9 Å². The van der Waals surface area contributed by atoms with E-state index in [-0.39, 0.29) is 24.6 Å². The maximum Gasteiger partial charge on any atom is 0.267 e. The Hall–Kier alpha value is -3.44. The highest BCUT2D eigenvalue weighted by molar-refractivity contribution is 6.31. The Balaban J connectivity index is 1.52. The van der Waals surface area contributed by atoms with E-state index < -0.39 is 0 Å². The third kappa shape index (κ3) is 4.36. The smallest absolute Gasteiger partial charge is 0.267 e. The number of nitrogens with zero attached hydrogens (tertiary/aromatic N) is 2. The van der Waals surface area contributed by atoms with Crippen molar-refractivity contribution in [3.63, 3.8) is 0 Å². The van der Waals surface area contributed by atoms with E-state index in [2.05, 4.69) is 10.4 Å². The van der Waals surface area contributed by atoms with Crippen LogP contribution in [0.4, 0.5) is 0 Å². The zero-order valence-corrected chi connectivity index (χ0v) is 16.3. The van der Waals surface area contributed by atoms with Crippen LogP contribution in [-0.4, -0.2) is 15.7 Å². The number of halogens is 1. The molecule has 0 saturated carbocycles. The number of rotatable bonds is 5. The fourth-order valence-electron chi connectivity index (χ4n) is 3.09. The third-order valence-corrected chi connectivity index (χ3v) is 5.01. The normalized spacial score (nSPS) is 10.8. The summed E-state index contributed by atoms with van der Waals surface area (Å²) in [6.45, 7) is 0.127. The standard InChI is InChI=1S/C23H18ClN3O2/c24-20-8-4-3-7-19(20)14-25-22(28)15-27-23(29)12-11-21(26-27)18-10-9-16-5-1-2-6-17(16)13-18/h1-13H,14-15H2,(H,25,28). The van der Waals surface area contributed by atoms with Crippen LogP contribution in [0.2, 0.25) is 5.02 Å². The molecule has 29 heavy (non-hydrogen) atoms. The van der Waals surface area contributed by atoms with E-state index in [0.29, 0.717) is 10.7 Å². The van der Waals surface area contributed by atoms with Crippen molar-refractivity contribution in [2.45, 2.75) is 13.1 Å². The summed E-state index contributed by atoms with van der Waals surface area (Å²) < 4.78 is 1.17. The summed E-state index contributed by atoms with van der Waals surface area (Å²) in [5.41, 5.74) is 2.00. The van der Waals surface area contributed by atoms with Crippen LogP contribution in [0.25, 0.3) is 22.0 Å². The molecule has 1 N–H and O–H groups in total. The monoisotopic (exact) mass is 403 g/mol. The van der Waals surface area contributed by atoms with Gasteiger partial charge in [-0.15, -0.1) is 0 Å². The van der Waals surface area contributed by atoms with E-state index in [4.69, 9.17) is 11.6 Å². The first-order valence-electron chi connectivity index (χ1n) is 9.17. The number of benzene rings is 3. The van der Waals surface area contributed by atoms with E-state index in [1.54, 1.807) is 12.1 Å². The van der Waals surface area contributed by atoms with Crippen molar-refractivity contribution in [3.8, 4) is 11.3 Å². The molecular formula is C23H18ClN3O2. The summed E-state index contributed by atoms with van der Waals surface area (Å²) in [5.74, 6) is -0.310. The highest BCUT2D eigenvalue weighted by atomic mass is 35.5. The number of fused-ring (bicyclic) bond motifs is 1. The number of carbonyl (C=O) groups is 1. The molecule has 0 unspecified atom stereocenters. The Kier molecular flexibility index (Phi) is 5.40. The molecule has 1 heterocycles. The van der Waals surface area contributed by atoms with Crippen molar-refractivity contribution in [2.75, 3.05) is 0 Å². The third-order valence-electron chi connectivity index (χ3n) is 4.64. The molecule has 0 atom stereocenters. The van der Waals surface area contributed by atoms with Gasteiger partial charge in [0.2, 0.25) is 5.91 Å². The lowest BCUT2D eigenvalue weighted by atomic mass is 10.1. The van der Waals surface area contributed by atoms with Crippen LogP contribution >= 0.6 is 11.6 Å². The Morgan fingerprint density at radius 1 is 0.931 bits per heavy atom. The van der Waals surface area contributed by atoms with Crippen LogP contribution < -0.4 is 10.9 Å². The lowest BCUT2D eigenvalue weighted by molar-refractivity contribution is -0.122. The molecule has 0 aliphatic rings. The van der Waals surface area contributed by atoms with E-state index in [1.165, 1.54) is 10.7 Å². The van der Waals surface area contributed by atoms with Gasteiger partial charge in [-0.1, -0.05) is 66.2 Å². The van der Waals surface area contributed by atoms with Gasteiger partial charge in [-0.25, -0.2) is 4.68 Å². The van der Waals surface area contributed by atoms with Crippen molar-refractivity contribution in [1.29, 1.82) is 0 Å². The first-order chi connectivity index (χ1) is 14.1. The number of aromatic nitrogens is 2. The number of hydrogen-bond acceptors (Lipinski definition) is 3. The molecule has 0 aliphatic heterocycles. The highest BCUT2D eigenvalue weighted by Crippen LogP contribution is 2.22. The molecule has 0 radical (unpaired) electrons. The van der Waals surface area contributed by atoms with Gasteiger partial charge >= 0.3 is 0 Å². The van der Waals surface area contributed by atoms with Gasteiger partial charge in [0, 0.05) is 23.2 Å². The summed E-state index contributed by atoms with van der Waals surface area (Å²) in [4.78, 5) is 24.5. The van der Waals surface area contributed by atoms with E-state index >= 15 is 0 Å². The maximum absolute atomic E-state index is 12.3. The summed E-state index contributed by atoms with van der Waals surface area (Å²) in [6, 6.07) is 24.4. The first kappa shape index (κ1) is 18.9. The molecule has 0 bridgehead atoms. The molecule has 4 rings (SSSR count). The molecule has 1 aromatic heterocycles. The lowest BCUT2D eigenvalue weighted by Crippen LogP contribution is -2.33. The minimum atomic E-state index is -0.331. The zero-order chi connectivity index (χ0) is 20.2. The Morgan fingerprint density at radius 3 is 2.52 bits per heavy atom. The molecule has 5 nitrogen and oxygen atoms in total. The average Bonchev–Trinajstić information content (AvgIpc) is 2.74. The molecule has 6 heteroatoms. The van der Waals surface area contributed by atoms with Crippen molar-refractivity contribution in [3.05, 3.63) is 99.8 Å². The van der Waals surface area contributed by atoms with Crippen LogP contribution in [0.15, 0.2) is 83.7 Å². The summed E-state index contributed by atoms with van der Waals surface area (Å²) >= 11 is 6.10. The second kappa shape index (κ2) is 8.29. The molecular weight excluding hydrogens is 386 g/mol. The maximum atomic E-state index is 12.3. The Labute approximate surface area is 172 Å². The van der Waals surface area contributed by atoms with Gasteiger partial charge in [-0.3, -0.25) is 9.59 Å². The largest absolute Gasteiger partial charge is 0.350 e. The summed E-state index contributed by atoms with van der Waals surface area (Å²) in [7, 11) is 0. The Morgan fingerprint density at radius 2 is 1.69 bits per heavy atom. The highest BCUT2D eigenvalue weighted by Gasteiger charge is 2.09. The zero-order valence-electron chi connectivity index (χ0n) is 15.5. The summed E-state index contributed by atoms with van der Waals surface area (Å²) in [5, 5.41) is 9.95. The van der Waals surface area contributed by atoms with Gasteiger partial charge in [0.1, 0.15) is 6.54 Å². The number of nitrogens with one attached hydrogen (secondary N) is 1. The van der Waals surface area contributed by atoms with Gasteiger partial charge in [-0.2, -0.15) is 5.10 Å². The van der Waals surface area contributed by atoms with E-state index in [0.717, 1.165) is 21.9 Å². The van der Waals surface area contributed by atoms with Crippen LogP contribution in [0.5, 0.6) is 0 Å². The van der Waals surface area contributed by atoms with Gasteiger partial charge in [0.25, 0.3) is 5.56 Å². The predicted octanol–water partition coefficient (Wildman–Crippen LogP) is 4.03. The van der Waals surface area contributed by atoms with Gasteiger partial charge < -0.3 is 5.32 Å². The fourth-order valence-corrected chi connectivity index (χ4v) is 3.29. The average molecular weight is 404 g/mol. The van der Waals surface area contributed by atoms with Crippen LogP contribution in [0, 0.1) is 0 Å².